The topological polar surface area (TPSA) is 91.8 Å². The number of carbonyl (C=O) groups excluding carboxylic acids is 3. The minimum absolute atomic E-state index is 0.0472. The van der Waals surface area contributed by atoms with Crippen LogP contribution in [-0.4, -0.2) is 53.4 Å². The van der Waals surface area contributed by atoms with Crippen molar-refractivity contribution in [1.29, 1.82) is 0 Å². The fraction of sp³-hybridized carbons (Fsp3) is 0.241. The number of nitrogens with zero attached hydrogens (tertiary/aromatic N) is 4. The zero-order chi connectivity index (χ0) is 27.8. The largest absolute Gasteiger partial charge is 0.458 e. The number of guanidine groups is 1. The Kier molecular flexibility index (Phi) is 8.88. The Morgan fingerprint density at radius 3 is 2.03 bits per heavy atom. The standard InChI is InChI=1S/C29H30N4O5S/c1-4-37-27(35)33-29(39-28(36)38-5-2,23-17-11-7-12-18-23)25(34)32(24-19-13-8-14-20-24)26(30-33)31(3)21-22-15-9-6-10-16-22/h6-20H,4-5,21H2,1-3H3. The number of carbonyl (C=O) groups is 3. The molecule has 1 heterocycles. The monoisotopic (exact) mass is 546 g/mol. The third kappa shape index (κ3) is 5.75. The fourth-order valence-electron chi connectivity index (χ4n) is 4.20. The molecule has 0 fully saturated rings. The average Bonchev–Trinajstić information content (AvgIpc) is 2.95. The van der Waals surface area contributed by atoms with E-state index >= 15 is 0 Å². The first-order valence-electron chi connectivity index (χ1n) is 12.5. The number of ether oxygens (including phenoxy) is 2. The first kappa shape index (κ1) is 27.7. The second-order valence-corrected chi connectivity index (χ2v) is 9.65. The lowest BCUT2D eigenvalue weighted by molar-refractivity contribution is -0.125. The van der Waals surface area contributed by atoms with E-state index in [4.69, 9.17) is 14.6 Å². The van der Waals surface area contributed by atoms with E-state index in [1.807, 2.05) is 36.4 Å². The highest BCUT2D eigenvalue weighted by molar-refractivity contribution is 8.14. The van der Waals surface area contributed by atoms with Crippen LogP contribution in [0.1, 0.15) is 25.0 Å². The van der Waals surface area contributed by atoms with E-state index in [1.165, 1.54) is 4.90 Å². The van der Waals surface area contributed by atoms with Gasteiger partial charge in [-0.25, -0.2) is 14.5 Å². The van der Waals surface area contributed by atoms with Crippen molar-refractivity contribution in [3.63, 3.8) is 0 Å². The van der Waals surface area contributed by atoms with Gasteiger partial charge in [0.05, 0.1) is 18.9 Å². The summed E-state index contributed by atoms with van der Waals surface area (Å²) in [5, 5.41) is 4.96. The maximum atomic E-state index is 14.8. The normalized spacial score (nSPS) is 16.9. The molecule has 0 aromatic heterocycles. The van der Waals surface area contributed by atoms with E-state index in [0.717, 1.165) is 10.6 Å². The van der Waals surface area contributed by atoms with Crippen molar-refractivity contribution in [2.75, 3.05) is 25.2 Å². The number of para-hydroxylation sites is 1. The van der Waals surface area contributed by atoms with Crippen LogP contribution >= 0.6 is 11.8 Å². The predicted octanol–water partition coefficient (Wildman–Crippen LogP) is 5.64. The Bertz CT molecular complexity index is 1320. The molecular formula is C29H30N4O5S. The van der Waals surface area contributed by atoms with Gasteiger partial charge in [-0.05, 0) is 31.5 Å². The molecule has 202 valence electrons. The summed E-state index contributed by atoms with van der Waals surface area (Å²) in [7, 11) is 1.78. The number of hydrazone groups is 1. The third-order valence-corrected chi connectivity index (χ3v) is 7.06. The molecular weight excluding hydrogens is 516 g/mol. The Hall–Kier alpha value is -4.31. The van der Waals surface area contributed by atoms with Crippen LogP contribution in [0.3, 0.4) is 0 Å². The summed E-state index contributed by atoms with van der Waals surface area (Å²) in [6.07, 6.45) is -0.871. The van der Waals surface area contributed by atoms with E-state index in [1.54, 1.807) is 80.4 Å². The first-order chi connectivity index (χ1) is 18.9. The number of thioether (sulfide) groups is 1. The zero-order valence-corrected chi connectivity index (χ0v) is 22.8. The molecule has 0 N–H and O–H groups in total. The minimum Gasteiger partial charge on any atom is -0.458 e. The third-order valence-electron chi connectivity index (χ3n) is 5.90. The number of rotatable bonds is 7. The molecule has 0 saturated heterocycles. The second kappa shape index (κ2) is 12.5. The maximum absolute atomic E-state index is 14.8. The van der Waals surface area contributed by atoms with Crippen LogP contribution in [-0.2, 0) is 25.7 Å². The lowest BCUT2D eigenvalue weighted by Gasteiger charge is -2.46. The SMILES string of the molecule is CCOC(=O)SC1(c2ccccc2)C(=O)N(c2ccccc2)C(N(C)Cc2ccccc2)=NN1C(=O)OCC. The molecule has 1 atom stereocenters. The smallest absolute Gasteiger partial charge is 0.432 e. The van der Waals surface area contributed by atoms with Crippen molar-refractivity contribution < 1.29 is 23.9 Å². The van der Waals surface area contributed by atoms with Crippen LogP contribution in [0.15, 0.2) is 96.1 Å². The number of amides is 2. The molecule has 0 spiro atoms. The van der Waals surface area contributed by atoms with E-state index in [0.29, 0.717) is 29.6 Å². The highest BCUT2D eigenvalue weighted by Crippen LogP contribution is 2.46. The lowest BCUT2D eigenvalue weighted by atomic mass is 10.0. The van der Waals surface area contributed by atoms with E-state index in [-0.39, 0.29) is 19.2 Å². The Labute approximate surface area is 232 Å². The molecule has 1 aliphatic rings. The Balaban J connectivity index is 1.96. The molecule has 3 aromatic rings. The molecule has 0 radical (unpaired) electrons. The number of hydrogen-bond donors (Lipinski definition) is 0. The molecule has 4 rings (SSSR count). The summed E-state index contributed by atoms with van der Waals surface area (Å²) in [5.74, 6) is -0.380. The van der Waals surface area contributed by atoms with E-state index in [9.17, 15) is 14.4 Å². The maximum Gasteiger partial charge on any atom is 0.432 e. The van der Waals surface area contributed by atoms with Crippen LogP contribution in [0.4, 0.5) is 15.3 Å². The van der Waals surface area contributed by atoms with Crippen molar-refractivity contribution in [2.45, 2.75) is 25.3 Å². The van der Waals surface area contributed by atoms with E-state index < -0.39 is 22.2 Å². The van der Waals surface area contributed by atoms with Crippen molar-refractivity contribution >= 4 is 40.7 Å². The van der Waals surface area contributed by atoms with Gasteiger partial charge in [-0.1, -0.05) is 78.9 Å². The summed E-state index contributed by atoms with van der Waals surface area (Å²) in [4.78, 5) is 42.6. The first-order valence-corrected chi connectivity index (χ1v) is 13.4. The van der Waals surface area contributed by atoms with Gasteiger partial charge in [0.2, 0.25) is 10.8 Å². The van der Waals surface area contributed by atoms with Crippen LogP contribution in [0, 0.1) is 0 Å². The molecule has 3 aromatic carbocycles. The van der Waals surface area contributed by atoms with Gasteiger partial charge in [0, 0.05) is 30.9 Å². The van der Waals surface area contributed by atoms with Crippen molar-refractivity contribution in [3.05, 3.63) is 102 Å². The quantitative estimate of drug-likeness (QED) is 0.354. The molecule has 1 aliphatic heterocycles. The number of anilines is 1. The Morgan fingerprint density at radius 2 is 1.44 bits per heavy atom. The van der Waals surface area contributed by atoms with E-state index in [2.05, 4.69) is 0 Å². The molecule has 0 bridgehead atoms. The molecule has 2 amide bonds. The van der Waals surface area contributed by atoms with Crippen LogP contribution in [0.5, 0.6) is 0 Å². The number of benzene rings is 3. The number of hydrogen-bond acceptors (Lipinski definition) is 8. The van der Waals surface area contributed by atoms with Gasteiger partial charge >= 0.3 is 11.4 Å². The van der Waals surface area contributed by atoms with Gasteiger partial charge in [0.25, 0.3) is 5.91 Å². The summed E-state index contributed by atoms with van der Waals surface area (Å²) < 4.78 is 10.6. The fourth-order valence-corrected chi connectivity index (χ4v) is 5.25. The van der Waals surface area contributed by atoms with Crippen molar-refractivity contribution in [3.8, 4) is 0 Å². The molecule has 0 saturated carbocycles. The van der Waals surface area contributed by atoms with Crippen molar-refractivity contribution in [1.82, 2.24) is 9.91 Å². The van der Waals surface area contributed by atoms with Gasteiger partial charge < -0.3 is 14.4 Å². The summed E-state index contributed by atoms with van der Waals surface area (Å²) in [6.45, 7) is 3.88. The van der Waals surface area contributed by atoms with Crippen LogP contribution in [0.25, 0.3) is 0 Å². The molecule has 39 heavy (non-hydrogen) atoms. The highest BCUT2D eigenvalue weighted by Gasteiger charge is 2.58. The van der Waals surface area contributed by atoms with Crippen LogP contribution < -0.4 is 4.90 Å². The van der Waals surface area contributed by atoms with Gasteiger partial charge in [0.15, 0.2) is 0 Å². The molecule has 1 unspecified atom stereocenters. The molecule has 0 aliphatic carbocycles. The van der Waals surface area contributed by atoms with Gasteiger partial charge in [-0.15, -0.1) is 5.10 Å². The highest BCUT2D eigenvalue weighted by atomic mass is 32.2. The zero-order valence-electron chi connectivity index (χ0n) is 22.0. The minimum atomic E-state index is -1.94. The summed E-state index contributed by atoms with van der Waals surface area (Å²) in [6, 6.07) is 27.3. The van der Waals surface area contributed by atoms with Crippen LogP contribution in [0.2, 0.25) is 0 Å². The summed E-state index contributed by atoms with van der Waals surface area (Å²) >= 11 is 0.579. The average molecular weight is 547 g/mol. The molecule has 9 nitrogen and oxygen atoms in total. The summed E-state index contributed by atoms with van der Waals surface area (Å²) in [5.41, 5.74) is 1.87. The van der Waals surface area contributed by atoms with Gasteiger partial charge in [0.1, 0.15) is 0 Å². The molecule has 10 heteroatoms. The second-order valence-electron chi connectivity index (χ2n) is 8.52. The lowest BCUT2D eigenvalue weighted by Crippen LogP contribution is -2.64. The predicted molar refractivity (Wildman–Crippen MR) is 151 cm³/mol. The van der Waals surface area contributed by atoms with Gasteiger partial charge in [-0.2, -0.15) is 5.01 Å². The van der Waals surface area contributed by atoms with Gasteiger partial charge in [-0.3, -0.25) is 4.79 Å². The van der Waals surface area contributed by atoms with Crippen molar-refractivity contribution in [2.24, 2.45) is 5.10 Å². The Morgan fingerprint density at radius 1 is 0.872 bits per heavy atom.